The highest BCUT2D eigenvalue weighted by Gasteiger charge is 2.16. The van der Waals surface area contributed by atoms with E-state index in [2.05, 4.69) is 9.97 Å². The minimum atomic E-state index is -0.592. The molecule has 4 nitrogen and oxygen atoms in total. The van der Waals surface area contributed by atoms with Gasteiger partial charge in [-0.25, -0.2) is 4.79 Å². The minimum absolute atomic E-state index is 0.375. The lowest BCUT2D eigenvalue weighted by Crippen LogP contribution is -2.32. The molecule has 1 heterocycles. The minimum Gasteiger partial charge on any atom is -0.321 e. The first-order chi connectivity index (χ1) is 7.97. The molecule has 0 fully saturated rings. The summed E-state index contributed by atoms with van der Waals surface area (Å²) in [6, 6.07) is 11.4. The van der Waals surface area contributed by atoms with Crippen LogP contribution in [0.25, 0.3) is 11.3 Å². The van der Waals surface area contributed by atoms with Crippen molar-refractivity contribution in [1.82, 2.24) is 9.97 Å². The van der Waals surface area contributed by atoms with Gasteiger partial charge in [0.05, 0.1) is 11.2 Å². The molecule has 2 aromatic rings. The van der Waals surface area contributed by atoms with Gasteiger partial charge in [-0.1, -0.05) is 30.3 Å². The first-order valence-corrected chi connectivity index (χ1v) is 5.43. The molecule has 0 radical (unpaired) electrons. The van der Waals surface area contributed by atoms with Gasteiger partial charge in [-0.05, 0) is 19.9 Å². The fraction of sp³-hybridized carbons (Fsp3) is 0.231. The Morgan fingerprint density at radius 3 is 2.47 bits per heavy atom. The zero-order chi connectivity index (χ0) is 12.5. The summed E-state index contributed by atoms with van der Waals surface area (Å²) < 4.78 is 0. The van der Waals surface area contributed by atoms with E-state index in [0.717, 1.165) is 5.56 Å². The molecule has 0 amide bonds. The van der Waals surface area contributed by atoms with Gasteiger partial charge in [-0.15, -0.1) is 0 Å². The molecule has 0 bridgehead atoms. The van der Waals surface area contributed by atoms with E-state index in [-0.39, 0.29) is 5.69 Å². The van der Waals surface area contributed by atoms with Gasteiger partial charge >= 0.3 is 5.69 Å². The van der Waals surface area contributed by atoms with Crippen LogP contribution in [0.3, 0.4) is 0 Å². The Bertz CT molecular complexity index is 567. The number of rotatable bonds is 2. The highest BCUT2D eigenvalue weighted by atomic mass is 16.1. The zero-order valence-electron chi connectivity index (χ0n) is 9.90. The molecule has 3 N–H and O–H groups in total. The van der Waals surface area contributed by atoms with Gasteiger partial charge in [0, 0.05) is 11.3 Å². The highest BCUT2D eigenvalue weighted by molar-refractivity contribution is 5.58. The van der Waals surface area contributed by atoms with Crippen LogP contribution in [0.4, 0.5) is 0 Å². The zero-order valence-corrected chi connectivity index (χ0v) is 9.90. The van der Waals surface area contributed by atoms with Gasteiger partial charge < -0.3 is 10.7 Å². The van der Waals surface area contributed by atoms with Gasteiger partial charge in [0.1, 0.15) is 0 Å². The van der Waals surface area contributed by atoms with E-state index in [4.69, 9.17) is 5.73 Å². The van der Waals surface area contributed by atoms with Crippen LogP contribution in [0.5, 0.6) is 0 Å². The molecule has 0 atom stereocenters. The van der Waals surface area contributed by atoms with Crippen molar-refractivity contribution in [1.29, 1.82) is 0 Å². The highest BCUT2D eigenvalue weighted by Crippen LogP contribution is 2.19. The Morgan fingerprint density at radius 2 is 1.88 bits per heavy atom. The third kappa shape index (κ3) is 2.60. The molecule has 4 heteroatoms. The smallest absolute Gasteiger partial charge is 0.321 e. The van der Waals surface area contributed by atoms with E-state index in [1.165, 1.54) is 0 Å². The Balaban J connectivity index is 2.58. The van der Waals surface area contributed by atoms with E-state index >= 15 is 0 Å². The maximum Gasteiger partial charge on any atom is 0.345 e. The van der Waals surface area contributed by atoms with Crippen molar-refractivity contribution in [2.24, 2.45) is 5.73 Å². The topological polar surface area (TPSA) is 71.8 Å². The second-order valence-corrected chi connectivity index (χ2v) is 4.57. The first-order valence-electron chi connectivity index (χ1n) is 5.43. The quantitative estimate of drug-likeness (QED) is 0.822. The summed E-state index contributed by atoms with van der Waals surface area (Å²) in [4.78, 5) is 18.1. The molecule has 0 unspecified atom stereocenters. The average molecular weight is 229 g/mol. The molecular formula is C13H15N3O. The molecule has 0 saturated carbocycles. The van der Waals surface area contributed by atoms with Crippen LogP contribution in [-0.2, 0) is 5.54 Å². The van der Waals surface area contributed by atoms with Crippen molar-refractivity contribution >= 4 is 0 Å². The van der Waals surface area contributed by atoms with Crippen molar-refractivity contribution < 1.29 is 0 Å². The Labute approximate surface area is 99.5 Å². The number of nitrogens with one attached hydrogen (secondary N) is 1. The number of hydrogen-bond acceptors (Lipinski definition) is 3. The van der Waals surface area contributed by atoms with Gasteiger partial charge in [-0.2, -0.15) is 4.98 Å². The molecule has 88 valence electrons. The summed E-state index contributed by atoms with van der Waals surface area (Å²) in [5, 5.41) is 0. The van der Waals surface area contributed by atoms with Crippen LogP contribution >= 0.6 is 0 Å². The summed E-state index contributed by atoms with van der Waals surface area (Å²) >= 11 is 0. The molecule has 0 spiro atoms. The Hall–Kier alpha value is -1.94. The fourth-order valence-electron chi connectivity index (χ4n) is 1.56. The number of aromatic amines is 1. The maximum atomic E-state index is 11.5. The SMILES string of the molecule is CC(C)(N)c1cc(-c2ccccc2)nc(=O)[nH]1. The maximum absolute atomic E-state index is 11.5. The van der Waals surface area contributed by atoms with E-state index in [1.807, 2.05) is 50.2 Å². The van der Waals surface area contributed by atoms with Crippen LogP contribution in [0.15, 0.2) is 41.2 Å². The first kappa shape index (κ1) is 11.5. The van der Waals surface area contributed by atoms with Gasteiger partial charge in [0.2, 0.25) is 0 Å². The monoisotopic (exact) mass is 229 g/mol. The van der Waals surface area contributed by atoms with Crippen LogP contribution in [-0.4, -0.2) is 9.97 Å². The molecular weight excluding hydrogens is 214 g/mol. The Morgan fingerprint density at radius 1 is 1.24 bits per heavy atom. The lowest BCUT2D eigenvalue weighted by atomic mass is 10.00. The van der Waals surface area contributed by atoms with Crippen molar-refractivity contribution in [3.05, 3.63) is 52.6 Å². The van der Waals surface area contributed by atoms with E-state index < -0.39 is 5.54 Å². The summed E-state index contributed by atoms with van der Waals surface area (Å²) in [5.41, 5.74) is 7.23. The molecule has 0 aliphatic rings. The number of aromatic nitrogens is 2. The third-order valence-corrected chi connectivity index (χ3v) is 2.51. The van der Waals surface area contributed by atoms with Gasteiger partial charge in [0.25, 0.3) is 0 Å². The predicted molar refractivity (Wildman–Crippen MR) is 67.5 cm³/mol. The standard InChI is InChI=1S/C13H15N3O/c1-13(2,14)11-8-10(15-12(17)16-11)9-6-4-3-5-7-9/h3-8H,14H2,1-2H3,(H,15,16,17). The van der Waals surface area contributed by atoms with E-state index in [0.29, 0.717) is 11.4 Å². The predicted octanol–water partition coefficient (Wildman–Crippen LogP) is 1.63. The lowest BCUT2D eigenvalue weighted by molar-refractivity contribution is 0.531. The number of nitrogens with zero attached hydrogens (tertiary/aromatic N) is 1. The van der Waals surface area contributed by atoms with Crippen molar-refractivity contribution in [3.63, 3.8) is 0 Å². The molecule has 0 aliphatic carbocycles. The number of benzene rings is 1. The summed E-state index contributed by atoms with van der Waals surface area (Å²) in [7, 11) is 0. The van der Waals surface area contributed by atoms with Gasteiger partial charge in [0.15, 0.2) is 0 Å². The van der Waals surface area contributed by atoms with Gasteiger partial charge in [-0.3, -0.25) is 0 Å². The van der Waals surface area contributed by atoms with Crippen molar-refractivity contribution in [3.8, 4) is 11.3 Å². The molecule has 1 aromatic carbocycles. The average Bonchev–Trinajstić information content (AvgIpc) is 2.28. The second kappa shape index (κ2) is 4.14. The van der Waals surface area contributed by atoms with E-state index in [1.54, 1.807) is 0 Å². The Kier molecular flexibility index (Phi) is 2.81. The third-order valence-electron chi connectivity index (χ3n) is 2.51. The summed E-state index contributed by atoms with van der Waals surface area (Å²) in [5.74, 6) is 0. The molecule has 0 aliphatic heterocycles. The summed E-state index contributed by atoms with van der Waals surface area (Å²) in [6.45, 7) is 3.68. The largest absolute Gasteiger partial charge is 0.345 e. The van der Waals surface area contributed by atoms with Crippen LogP contribution in [0, 0.1) is 0 Å². The van der Waals surface area contributed by atoms with Crippen molar-refractivity contribution in [2.75, 3.05) is 0 Å². The molecule has 1 aromatic heterocycles. The second-order valence-electron chi connectivity index (χ2n) is 4.57. The summed E-state index contributed by atoms with van der Waals surface area (Å²) in [6.07, 6.45) is 0. The number of H-pyrrole nitrogens is 1. The molecule has 0 saturated heterocycles. The molecule has 17 heavy (non-hydrogen) atoms. The van der Waals surface area contributed by atoms with Crippen LogP contribution in [0.1, 0.15) is 19.5 Å². The van der Waals surface area contributed by atoms with Crippen LogP contribution < -0.4 is 11.4 Å². The normalized spacial score (nSPS) is 11.5. The number of hydrogen-bond donors (Lipinski definition) is 2. The number of nitrogens with two attached hydrogens (primary N) is 1. The lowest BCUT2D eigenvalue weighted by Gasteiger charge is -2.18. The van der Waals surface area contributed by atoms with Crippen LogP contribution in [0.2, 0.25) is 0 Å². The van der Waals surface area contributed by atoms with Crippen molar-refractivity contribution in [2.45, 2.75) is 19.4 Å². The molecule has 2 rings (SSSR count). The van der Waals surface area contributed by atoms with E-state index in [9.17, 15) is 4.79 Å². The fourth-order valence-corrected chi connectivity index (χ4v) is 1.56.